The van der Waals surface area contributed by atoms with Gasteiger partial charge in [-0.1, -0.05) is 56.8 Å². The van der Waals surface area contributed by atoms with E-state index in [0.29, 0.717) is 27.4 Å². The highest BCUT2D eigenvalue weighted by atomic mass is 79.9. The monoisotopic (exact) mass is 442 g/mol. The van der Waals surface area contributed by atoms with E-state index in [4.69, 9.17) is 34.8 Å². The van der Waals surface area contributed by atoms with E-state index in [0.717, 1.165) is 22.5 Å². The molecule has 2 aromatic heterocycles. The molecule has 0 N–H and O–H groups in total. The third-order valence-electron chi connectivity index (χ3n) is 3.75. The van der Waals surface area contributed by atoms with Gasteiger partial charge in [0, 0.05) is 33.1 Å². The highest BCUT2D eigenvalue weighted by molar-refractivity contribution is 9.08. The van der Waals surface area contributed by atoms with E-state index < -0.39 is 0 Å². The van der Waals surface area contributed by atoms with Crippen LogP contribution in [0.2, 0.25) is 15.2 Å². The molecular formula is C16H10BrCl3N4. The first kappa shape index (κ1) is 17.5. The summed E-state index contributed by atoms with van der Waals surface area (Å²) in [5.74, 6) is 0. The summed E-state index contributed by atoms with van der Waals surface area (Å²) in [7, 11) is 0. The Kier molecular flexibility index (Phi) is 5.03. The van der Waals surface area contributed by atoms with Gasteiger partial charge in [-0.15, -0.1) is 0 Å². The fourth-order valence-electron chi connectivity index (χ4n) is 2.56. The van der Waals surface area contributed by atoms with Crippen LogP contribution in [0.3, 0.4) is 0 Å². The molecule has 0 unspecified atom stereocenters. The van der Waals surface area contributed by atoms with Gasteiger partial charge in [-0.05, 0) is 24.6 Å². The van der Waals surface area contributed by atoms with Crippen molar-refractivity contribution < 1.29 is 0 Å². The minimum absolute atomic E-state index is 0.147. The van der Waals surface area contributed by atoms with Crippen LogP contribution in [0.5, 0.6) is 0 Å². The lowest BCUT2D eigenvalue weighted by atomic mass is 10.0. The second-order valence-corrected chi connectivity index (χ2v) is 6.94. The number of aromatic nitrogens is 3. The van der Waals surface area contributed by atoms with Crippen LogP contribution in [0.15, 0.2) is 18.2 Å². The number of benzene rings is 1. The van der Waals surface area contributed by atoms with Gasteiger partial charge in [-0.25, -0.2) is 9.50 Å². The summed E-state index contributed by atoms with van der Waals surface area (Å²) in [6.45, 7) is 1.90. The second kappa shape index (κ2) is 6.89. The molecule has 122 valence electrons. The molecular weight excluding hydrogens is 434 g/mol. The van der Waals surface area contributed by atoms with Gasteiger partial charge in [0.2, 0.25) is 0 Å². The zero-order valence-corrected chi connectivity index (χ0v) is 16.3. The molecule has 0 spiro atoms. The highest BCUT2D eigenvalue weighted by Crippen LogP contribution is 2.28. The molecule has 0 amide bonds. The average Bonchev–Trinajstić information content (AvgIpc) is 2.85. The number of hydrogen-bond acceptors (Lipinski definition) is 3. The fourth-order valence-corrected chi connectivity index (χ4v) is 3.81. The van der Waals surface area contributed by atoms with E-state index in [9.17, 15) is 5.26 Å². The van der Waals surface area contributed by atoms with Crippen LogP contribution in [0, 0.1) is 18.3 Å². The van der Waals surface area contributed by atoms with E-state index in [1.807, 2.05) is 13.0 Å². The molecule has 2 heterocycles. The number of alkyl halides is 1. The van der Waals surface area contributed by atoms with Crippen molar-refractivity contribution >= 4 is 56.4 Å². The standard InChI is InChI=1S/C16H10BrCl3N4/c1-8-11(4-9-2-3-10(18)5-13(9)19)14(6-17)24-16(22-8)12(7-21)15(20)23-24/h2-3,5H,4,6H2,1H3. The van der Waals surface area contributed by atoms with Crippen molar-refractivity contribution in [3.05, 3.63) is 61.5 Å². The Hall–Kier alpha value is -1.32. The Balaban J connectivity index is 2.21. The van der Waals surface area contributed by atoms with Crippen molar-refractivity contribution in [3.8, 4) is 6.07 Å². The average molecular weight is 445 g/mol. The quantitative estimate of drug-likeness (QED) is 0.512. The van der Waals surface area contributed by atoms with E-state index in [1.165, 1.54) is 0 Å². The number of rotatable bonds is 3. The second-order valence-electron chi connectivity index (χ2n) is 5.18. The Morgan fingerprint density at radius 3 is 2.67 bits per heavy atom. The molecule has 0 aliphatic rings. The van der Waals surface area contributed by atoms with Crippen LogP contribution in [-0.2, 0) is 11.8 Å². The maximum absolute atomic E-state index is 9.26. The molecule has 0 saturated carbocycles. The van der Waals surface area contributed by atoms with Crippen LogP contribution < -0.4 is 0 Å². The Morgan fingerprint density at radius 2 is 2.04 bits per heavy atom. The topological polar surface area (TPSA) is 54.0 Å². The maximum Gasteiger partial charge on any atom is 0.175 e. The largest absolute Gasteiger partial charge is 0.232 e. The number of fused-ring (bicyclic) bond motifs is 1. The zero-order valence-electron chi connectivity index (χ0n) is 12.4. The Bertz CT molecular complexity index is 991. The fraction of sp³-hybridized carbons (Fsp3) is 0.188. The lowest BCUT2D eigenvalue weighted by molar-refractivity contribution is 0.852. The van der Waals surface area contributed by atoms with Gasteiger partial charge < -0.3 is 0 Å². The number of hydrogen-bond donors (Lipinski definition) is 0. The third-order valence-corrected chi connectivity index (χ3v) is 5.14. The molecule has 0 fully saturated rings. The molecule has 1 aromatic carbocycles. The number of halogens is 4. The normalized spacial score (nSPS) is 11.0. The van der Waals surface area contributed by atoms with Crippen LogP contribution >= 0.6 is 50.7 Å². The van der Waals surface area contributed by atoms with Gasteiger partial charge in [0.1, 0.15) is 11.6 Å². The predicted octanol–water partition coefficient (Wildman–Crippen LogP) is 5.36. The molecule has 24 heavy (non-hydrogen) atoms. The molecule has 0 atom stereocenters. The molecule has 0 bridgehead atoms. The van der Waals surface area contributed by atoms with Crippen LogP contribution in [0.25, 0.3) is 5.65 Å². The summed E-state index contributed by atoms with van der Waals surface area (Å²) in [4.78, 5) is 4.52. The van der Waals surface area contributed by atoms with Gasteiger partial charge in [-0.2, -0.15) is 10.4 Å². The summed E-state index contributed by atoms with van der Waals surface area (Å²) in [5, 5.41) is 15.4. The predicted molar refractivity (Wildman–Crippen MR) is 99.3 cm³/mol. The molecule has 0 aliphatic heterocycles. The van der Waals surface area contributed by atoms with Gasteiger partial charge in [0.15, 0.2) is 10.8 Å². The smallest absolute Gasteiger partial charge is 0.175 e. The van der Waals surface area contributed by atoms with Gasteiger partial charge in [0.25, 0.3) is 0 Å². The van der Waals surface area contributed by atoms with Gasteiger partial charge >= 0.3 is 0 Å². The van der Waals surface area contributed by atoms with Gasteiger partial charge in [0.05, 0.1) is 5.69 Å². The summed E-state index contributed by atoms with van der Waals surface area (Å²) >= 11 is 21.8. The van der Waals surface area contributed by atoms with Crippen molar-refractivity contribution in [2.24, 2.45) is 0 Å². The van der Waals surface area contributed by atoms with E-state index in [2.05, 4.69) is 32.1 Å². The SMILES string of the molecule is Cc1nc2c(C#N)c(Cl)nn2c(CBr)c1Cc1ccc(Cl)cc1Cl. The first-order valence-electron chi connectivity index (χ1n) is 6.92. The van der Waals surface area contributed by atoms with E-state index in [1.54, 1.807) is 16.6 Å². The number of nitriles is 1. The summed E-state index contributed by atoms with van der Waals surface area (Å²) < 4.78 is 1.61. The van der Waals surface area contributed by atoms with Crippen LogP contribution in [0.1, 0.15) is 28.1 Å². The minimum Gasteiger partial charge on any atom is -0.232 e. The highest BCUT2D eigenvalue weighted by Gasteiger charge is 2.19. The summed E-state index contributed by atoms with van der Waals surface area (Å²) in [6.07, 6.45) is 0.574. The lowest BCUT2D eigenvalue weighted by Crippen LogP contribution is -2.08. The van der Waals surface area contributed by atoms with E-state index in [-0.39, 0.29) is 10.7 Å². The first-order valence-corrected chi connectivity index (χ1v) is 9.18. The molecule has 8 heteroatoms. The lowest BCUT2D eigenvalue weighted by Gasteiger charge is -2.13. The minimum atomic E-state index is 0.147. The first-order chi connectivity index (χ1) is 11.5. The van der Waals surface area contributed by atoms with Crippen molar-refractivity contribution in [1.82, 2.24) is 14.6 Å². The zero-order chi connectivity index (χ0) is 17.4. The van der Waals surface area contributed by atoms with Gasteiger partial charge in [-0.3, -0.25) is 0 Å². The van der Waals surface area contributed by atoms with Crippen LogP contribution in [-0.4, -0.2) is 14.6 Å². The summed E-state index contributed by atoms with van der Waals surface area (Å²) in [6, 6.07) is 7.46. The number of nitrogens with zero attached hydrogens (tertiary/aromatic N) is 4. The molecule has 0 saturated heterocycles. The molecule has 3 rings (SSSR count). The van der Waals surface area contributed by atoms with Crippen molar-refractivity contribution in [2.45, 2.75) is 18.7 Å². The maximum atomic E-state index is 9.26. The molecule has 3 aromatic rings. The Morgan fingerprint density at radius 1 is 1.29 bits per heavy atom. The Labute approximate surface area is 162 Å². The molecule has 0 aliphatic carbocycles. The van der Waals surface area contributed by atoms with Crippen molar-refractivity contribution in [1.29, 1.82) is 5.26 Å². The molecule has 0 radical (unpaired) electrons. The van der Waals surface area contributed by atoms with E-state index >= 15 is 0 Å². The third kappa shape index (κ3) is 3.00. The van der Waals surface area contributed by atoms with Crippen molar-refractivity contribution in [3.63, 3.8) is 0 Å². The number of aryl methyl sites for hydroxylation is 1. The van der Waals surface area contributed by atoms with Crippen LogP contribution in [0.4, 0.5) is 0 Å². The summed E-state index contributed by atoms with van der Waals surface area (Å²) in [5.41, 5.74) is 4.33. The molecule has 4 nitrogen and oxygen atoms in total. The van der Waals surface area contributed by atoms with Crippen molar-refractivity contribution in [2.75, 3.05) is 0 Å².